The molecule has 0 radical (unpaired) electrons. The van der Waals surface area contributed by atoms with Crippen molar-refractivity contribution in [1.29, 1.82) is 0 Å². The summed E-state index contributed by atoms with van der Waals surface area (Å²) in [5.74, 6) is 0.0763. The molecule has 2 rings (SSSR count). The summed E-state index contributed by atoms with van der Waals surface area (Å²) in [7, 11) is 0. The molecule has 0 saturated heterocycles. The predicted octanol–water partition coefficient (Wildman–Crippen LogP) is 7.21. The summed E-state index contributed by atoms with van der Waals surface area (Å²) >= 11 is 0. The average molecular weight is 539 g/mol. The van der Waals surface area contributed by atoms with Gasteiger partial charge in [-0.1, -0.05) is 46.8 Å². The smallest absolute Gasteiger partial charge is 0.433 e. The highest BCUT2D eigenvalue weighted by Crippen LogP contribution is 2.38. The molecule has 200 valence electrons. The fourth-order valence-electron chi connectivity index (χ4n) is 3.75. The van der Waals surface area contributed by atoms with Gasteiger partial charge in [0.15, 0.2) is 0 Å². The van der Waals surface area contributed by atoms with E-state index in [4.69, 9.17) is 0 Å². The lowest BCUT2D eigenvalue weighted by Crippen LogP contribution is -2.29. The van der Waals surface area contributed by atoms with Gasteiger partial charge in [-0.25, -0.2) is 0 Å². The number of phenolic OH excluding ortho intramolecular Hbond substituents is 1. The van der Waals surface area contributed by atoms with Crippen LogP contribution < -0.4 is 5.32 Å². The highest BCUT2D eigenvalue weighted by molar-refractivity contribution is 5.85. The molecule has 1 atom stereocenters. The summed E-state index contributed by atoms with van der Waals surface area (Å²) in [5.41, 5.74) is 1.55. The maximum atomic E-state index is 12.9. The zero-order valence-corrected chi connectivity index (χ0v) is 23.1. The van der Waals surface area contributed by atoms with Crippen molar-refractivity contribution in [2.75, 3.05) is 19.6 Å². The molecular weight excluding hydrogens is 498 g/mol. The minimum Gasteiger partial charge on any atom is -0.507 e. The van der Waals surface area contributed by atoms with Crippen molar-refractivity contribution in [1.82, 2.24) is 15.2 Å². The van der Waals surface area contributed by atoms with Crippen molar-refractivity contribution in [2.45, 2.75) is 78.6 Å². The average Bonchev–Trinajstić information content (AvgIpc) is 2.74. The van der Waals surface area contributed by atoms with E-state index >= 15 is 0 Å². The lowest BCUT2D eigenvalue weighted by molar-refractivity contribution is -0.141. The van der Waals surface area contributed by atoms with Gasteiger partial charge < -0.3 is 15.3 Å². The van der Waals surface area contributed by atoms with Crippen LogP contribution in [0.25, 0.3) is 11.1 Å². The lowest BCUT2D eigenvalue weighted by Gasteiger charge is -2.24. The second kappa shape index (κ2) is 14.3. The summed E-state index contributed by atoms with van der Waals surface area (Å²) in [4.78, 5) is 5.97. The fraction of sp³-hybridized carbons (Fsp3) is 0.577. The molecule has 0 aliphatic heterocycles. The first-order chi connectivity index (χ1) is 15.4. The second-order valence-electron chi connectivity index (χ2n) is 9.66. The first-order valence-corrected chi connectivity index (χ1v) is 11.7. The van der Waals surface area contributed by atoms with E-state index in [0.717, 1.165) is 49.7 Å². The van der Waals surface area contributed by atoms with Crippen LogP contribution >= 0.6 is 24.8 Å². The number of aromatic hydroxyl groups is 1. The quantitative estimate of drug-likeness (QED) is 0.336. The number of aromatic nitrogens is 1. The van der Waals surface area contributed by atoms with Crippen molar-refractivity contribution >= 4 is 24.8 Å². The first kappa shape index (κ1) is 33.5. The summed E-state index contributed by atoms with van der Waals surface area (Å²) < 4.78 is 38.7. The molecule has 1 heterocycles. The Labute approximate surface area is 220 Å². The van der Waals surface area contributed by atoms with Gasteiger partial charge in [0.2, 0.25) is 0 Å². The highest BCUT2D eigenvalue weighted by Gasteiger charge is 2.32. The summed E-state index contributed by atoms with van der Waals surface area (Å²) in [6.07, 6.45) is -1.21. The van der Waals surface area contributed by atoms with E-state index in [0.29, 0.717) is 17.7 Å². The van der Waals surface area contributed by atoms with E-state index in [2.05, 4.69) is 56.7 Å². The number of hydrogen-bond acceptors (Lipinski definition) is 4. The molecule has 35 heavy (non-hydrogen) atoms. The van der Waals surface area contributed by atoms with E-state index in [-0.39, 0.29) is 42.0 Å². The topological polar surface area (TPSA) is 48.4 Å². The molecule has 0 bridgehead atoms. The Morgan fingerprint density at radius 1 is 1.06 bits per heavy atom. The molecule has 0 aliphatic rings. The normalized spacial score (nSPS) is 12.7. The van der Waals surface area contributed by atoms with Gasteiger partial charge in [0.25, 0.3) is 0 Å². The number of benzene rings is 1. The van der Waals surface area contributed by atoms with Crippen LogP contribution in [0.5, 0.6) is 5.75 Å². The van der Waals surface area contributed by atoms with Crippen LogP contribution in [0.3, 0.4) is 0 Å². The van der Waals surface area contributed by atoms with Gasteiger partial charge >= 0.3 is 6.18 Å². The maximum Gasteiger partial charge on any atom is 0.433 e. The van der Waals surface area contributed by atoms with Crippen LogP contribution in [-0.4, -0.2) is 40.7 Å². The van der Waals surface area contributed by atoms with E-state index in [1.807, 2.05) is 12.1 Å². The lowest BCUT2D eigenvalue weighted by atomic mass is 9.83. The monoisotopic (exact) mass is 537 g/mol. The Morgan fingerprint density at radius 2 is 1.69 bits per heavy atom. The van der Waals surface area contributed by atoms with Gasteiger partial charge in [0, 0.05) is 35.5 Å². The van der Waals surface area contributed by atoms with Gasteiger partial charge in [0.05, 0.1) is 0 Å². The SMILES string of the molecule is CCN(CC)CCCC(C)NCc1cc(C(C)(C)C)cc(-c2ccc(C(F)(F)F)nc2)c1O.Cl.Cl. The second-order valence-corrected chi connectivity index (χ2v) is 9.66. The van der Waals surface area contributed by atoms with E-state index in [9.17, 15) is 18.3 Å². The molecule has 0 fully saturated rings. The molecular formula is C26H40Cl2F3N3O. The van der Waals surface area contributed by atoms with Gasteiger partial charge in [0.1, 0.15) is 11.4 Å². The van der Waals surface area contributed by atoms with Crippen molar-refractivity contribution in [3.8, 4) is 16.9 Å². The molecule has 1 aromatic carbocycles. The Morgan fingerprint density at radius 3 is 2.17 bits per heavy atom. The van der Waals surface area contributed by atoms with Gasteiger partial charge in [-0.15, -0.1) is 24.8 Å². The predicted molar refractivity (Wildman–Crippen MR) is 143 cm³/mol. The van der Waals surface area contributed by atoms with Crippen LogP contribution in [0.15, 0.2) is 30.5 Å². The number of hydrogen-bond donors (Lipinski definition) is 2. The van der Waals surface area contributed by atoms with Crippen molar-refractivity contribution in [3.05, 3.63) is 47.3 Å². The minimum absolute atomic E-state index is 0. The van der Waals surface area contributed by atoms with Crippen molar-refractivity contribution in [3.63, 3.8) is 0 Å². The maximum absolute atomic E-state index is 12.9. The standard InChI is InChI=1S/C26H38F3N3O.2ClH/c1-7-32(8-2)13-9-10-18(3)30-17-20-14-21(25(4,5)6)15-22(24(20)33)19-11-12-23(31-16-19)26(27,28)29;;/h11-12,14-16,18,30,33H,7-10,13,17H2,1-6H3;2*1H. The summed E-state index contributed by atoms with van der Waals surface area (Å²) in [6, 6.07) is 6.41. The van der Waals surface area contributed by atoms with E-state index < -0.39 is 11.9 Å². The molecule has 0 aliphatic carbocycles. The zero-order valence-electron chi connectivity index (χ0n) is 21.5. The summed E-state index contributed by atoms with van der Waals surface area (Å²) in [6.45, 7) is 16.3. The largest absolute Gasteiger partial charge is 0.507 e. The number of rotatable bonds is 10. The van der Waals surface area contributed by atoms with Gasteiger partial charge in [-0.2, -0.15) is 13.2 Å². The Hall–Kier alpha value is -1.54. The number of nitrogens with one attached hydrogen (secondary N) is 1. The molecule has 2 aromatic rings. The minimum atomic E-state index is -4.50. The molecule has 0 amide bonds. The Balaban J connectivity index is 0.00000578. The van der Waals surface area contributed by atoms with Crippen molar-refractivity contribution in [2.24, 2.45) is 0 Å². The van der Waals surface area contributed by atoms with Crippen LogP contribution in [0.4, 0.5) is 13.2 Å². The Kier molecular flexibility index (Phi) is 13.6. The van der Waals surface area contributed by atoms with Crippen LogP contribution in [0.1, 0.15) is 71.2 Å². The Bertz CT molecular complexity index is 896. The van der Waals surface area contributed by atoms with Crippen LogP contribution in [-0.2, 0) is 18.1 Å². The van der Waals surface area contributed by atoms with Gasteiger partial charge in [-0.3, -0.25) is 4.98 Å². The molecule has 1 unspecified atom stereocenters. The third kappa shape index (κ3) is 9.79. The number of halogens is 5. The third-order valence-corrected chi connectivity index (χ3v) is 6.07. The van der Waals surface area contributed by atoms with Gasteiger partial charge in [-0.05, 0) is 62.5 Å². The number of phenols is 1. The molecule has 1 aromatic heterocycles. The molecule has 9 heteroatoms. The van der Waals surface area contributed by atoms with Crippen LogP contribution in [0.2, 0.25) is 0 Å². The summed E-state index contributed by atoms with van der Waals surface area (Å²) in [5, 5.41) is 14.5. The highest BCUT2D eigenvalue weighted by atomic mass is 35.5. The molecule has 0 saturated carbocycles. The van der Waals surface area contributed by atoms with E-state index in [1.54, 1.807) is 0 Å². The number of alkyl halides is 3. The van der Waals surface area contributed by atoms with Crippen molar-refractivity contribution < 1.29 is 18.3 Å². The molecule has 4 nitrogen and oxygen atoms in total. The first-order valence-electron chi connectivity index (χ1n) is 11.7. The third-order valence-electron chi connectivity index (χ3n) is 6.07. The number of pyridine rings is 1. The zero-order chi connectivity index (χ0) is 24.8. The number of nitrogens with zero attached hydrogens (tertiary/aromatic N) is 2. The fourth-order valence-corrected chi connectivity index (χ4v) is 3.75. The molecule has 0 spiro atoms. The molecule has 2 N–H and O–H groups in total. The van der Waals surface area contributed by atoms with Crippen LogP contribution in [0, 0.1) is 0 Å². The van der Waals surface area contributed by atoms with E-state index in [1.165, 1.54) is 12.3 Å².